The topological polar surface area (TPSA) is 84.0 Å². The van der Waals surface area contributed by atoms with Gasteiger partial charge in [0.2, 0.25) is 5.91 Å². The third-order valence-corrected chi connectivity index (χ3v) is 3.57. The fourth-order valence-electron chi connectivity index (χ4n) is 2.34. The number of carbonyl (C=O) groups excluding carboxylic acids is 2. The van der Waals surface area contributed by atoms with Gasteiger partial charge in [0.1, 0.15) is 12.1 Å². The zero-order valence-electron chi connectivity index (χ0n) is 14.1. The molecule has 0 aliphatic rings. The van der Waals surface area contributed by atoms with E-state index in [1.807, 2.05) is 13.8 Å². The van der Waals surface area contributed by atoms with Gasteiger partial charge in [-0.2, -0.15) is 0 Å². The second kappa shape index (κ2) is 8.14. The SMILES string of the molecule is C=CC(=O)Nc1cc(NC(=O)c2c(CC)ncnc2CC)ccc1F. The summed E-state index contributed by atoms with van der Waals surface area (Å²) in [4.78, 5) is 32.3. The van der Waals surface area contributed by atoms with Gasteiger partial charge in [-0.05, 0) is 37.1 Å². The highest BCUT2D eigenvalue weighted by molar-refractivity contribution is 6.06. The third-order valence-electron chi connectivity index (χ3n) is 3.57. The molecule has 0 aliphatic carbocycles. The third kappa shape index (κ3) is 4.26. The molecule has 2 N–H and O–H groups in total. The number of carbonyl (C=O) groups is 2. The fourth-order valence-corrected chi connectivity index (χ4v) is 2.34. The Labute approximate surface area is 145 Å². The van der Waals surface area contributed by atoms with Gasteiger partial charge in [0.25, 0.3) is 5.91 Å². The van der Waals surface area contributed by atoms with E-state index in [9.17, 15) is 14.0 Å². The van der Waals surface area contributed by atoms with Gasteiger partial charge in [-0.3, -0.25) is 9.59 Å². The lowest BCUT2D eigenvalue weighted by atomic mass is 10.1. The maximum absolute atomic E-state index is 13.8. The number of nitrogens with one attached hydrogen (secondary N) is 2. The Morgan fingerprint density at radius 3 is 2.36 bits per heavy atom. The highest BCUT2D eigenvalue weighted by Crippen LogP contribution is 2.21. The zero-order chi connectivity index (χ0) is 18.4. The molecule has 130 valence electrons. The van der Waals surface area contributed by atoms with Crippen LogP contribution in [-0.2, 0) is 17.6 Å². The summed E-state index contributed by atoms with van der Waals surface area (Å²) >= 11 is 0. The average molecular weight is 342 g/mol. The summed E-state index contributed by atoms with van der Waals surface area (Å²) in [6, 6.07) is 3.92. The second-order valence-electron chi connectivity index (χ2n) is 5.19. The van der Waals surface area contributed by atoms with Crippen LogP contribution in [0, 0.1) is 5.82 Å². The van der Waals surface area contributed by atoms with E-state index in [1.165, 1.54) is 18.5 Å². The molecule has 2 aromatic rings. The molecule has 2 rings (SSSR count). The Hall–Kier alpha value is -3.09. The molecule has 0 fully saturated rings. The van der Waals surface area contributed by atoms with Gasteiger partial charge < -0.3 is 10.6 Å². The van der Waals surface area contributed by atoms with Crippen LogP contribution in [0.15, 0.2) is 37.2 Å². The zero-order valence-corrected chi connectivity index (χ0v) is 14.1. The number of hydrogen-bond donors (Lipinski definition) is 2. The summed E-state index contributed by atoms with van der Waals surface area (Å²) in [6.45, 7) is 7.12. The molecule has 0 atom stereocenters. The van der Waals surface area contributed by atoms with Gasteiger partial charge in [0.05, 0.1) is 22.6 Å². The van der Waals surface area contributed by atoms with Gasteiger partial charge in [-0.25, -0.2) is 14.4 Å². The number of aryl methyl sites for hydroxylation is 2. The Morgan fingerprint density at radius 2 is 1.80 bits per heavy atom. The number of amides is 2. The van der Waals surface area contributed by atoms with Gasteiger partial charge >= 0.3 is 0 Å². The predicted molar refractivity (Wildman–Crippen MR) is 94.0 cm³/mol. The Balaban J connectivity index is 2.31. The molecule has 0 aliphatic heterocycles. The molecular weight excluding hydrogens is 323 g/mol. The van der Waals surface area contributed by atoms with Crippen LogP contribution < -0.4 is 10.6 Å². The minimum atomic E-state index is -0.611. The summed E-state index contributed by atoms with van der Waals surface area (Å²) in [5.74, 6) is -1.53. The molecule has 0 bridgehead atoms. The van der Waals surface area contributed by atoms with Gasteiger partial charge in [-0.1, -0.05) is 20.4 Å². The molecule has 6 nitrogen and oxygen atoms in total. The monoisotopic (exact) mass is 342 g/mol. The van der Waals surface area contributed by atoms with Crippen LogP contribution >= 0.6 is 0 Å². The van der Waals surface area contributed by atoms with Crippen LogP contribution in [0.3, 0.4) is 0 Å². The average Bonchev–Trinajstić information content (AvgIpc) is 2.63. The van der Waals surface area contributed by atoms with Crippen molar-refractivity contribution in [3.63, 3.8) is 0 Å². The lowest BCUT2D eigenvalue weighted by molar-refractivity contribution is -0.111. The van der Waals surface area contributed by atoms with Gasteiger partial charge in [0, 0.05) is 5.69 Å². The highest BCUT2D eigenvalue weighted by Gasteiger charge is 2.18. The predicted octanol–water partition coefficient (Wildman–Crippen LogP) is 3.12. The Bertz CT molecular complexity index is 798. The molecule has 2 amide bonds. The molecule has 1 heterocycles. The second-order valence-corrected chi connectivity index (χ2v) is 5.19. The maximum Gasteiger partial charge on any atom is 0.259 e. The standard InChI is InChI=1S/C18H19FN4O2/c1-4-13-17(14(5-2)21-10-20-13)18(25)22-11-7-8-12(19)15(9-11)23-16(24)6-3/h6-10H,3-5H2,1-2H3,(H,22,25)(H,23,24). The summed E-state index contributed by atoms with van der Waals surface area (Å²) in [6.07, 6.45) is 3.65. The molecule has 0 saturated carbocycles. The largest absolute Gasteiger partial charge is 0.322 e. The molecule has 25 heavy (non-hydrogen) atoms. The lowest BCUT2D eigenvalue weighted by Crippen LogP contribution is -2.19. The molecule has 0 saturated heterocycles. The van der Waals surface area contributed by atoms with E-state index >= 15 is 0 Å². The number of benzene rings is 1. The first-order chi connectivity index (χ1) is 12.0. The van der Waals surface area contributed by atoms with E-state index in [-0.39, 0.29) is 11.6 Å². The Kier molecular flexibility index (Phi) is 5.94. The van der Waals surface area contributed by atoms with E-state index in [4.69, 9.17) is 0 Å². The number of anilines is 2. The van der Waals surface area contributed by atoms with E-state index in [0.717, 1.165) is 12.1 Å². The number of rotatable bonds is 6. The number of aromatic nitrogens is 2. The van der Waals surface area contributed by atoms with E-state index < -0.39 is 11.7 Å². The normalized spacial score (nSPS) is 10.2. The van der Waals surface area contributed by atoms with Crippen LogP contribution in [0.4, 0.5) is 15.8 Å². The van der Waals surface area contributed by atoms with Crippen molar-refractivity contribution in [3.8, 4) is 0 Å². The van der Waals surface area contributed by atoms with Crippen LogP contribution in [-0.4, -0.2) is 21.8 Å². The molecule has 1 aromatic heterocycles. The molecule has 0 unspecified atom stereocenters. The number of nitrogens with zero attached hydrogens (tertiary/aromatic N) is 2. The summed E-state index contributed by atoms with van der Waals surface area (Å²) in [7, 11) is 0. The van der Waals surface area contributed by atoms with Crippen molar-refractivity contribution in [2.75, 3.05) is 10.6 Å². The maximum atomic E-state index is 13.8. The first-order valence-corrected chi connectivity index (χ1v) is 7.87. The minimum Gasteiger partial charge on any atom is -0.322 e. The lowest BCUT2D eigenvalue weighted by Gasteiger charge is -2.12. The van der Waals surface area contributed by atoms with Crippen molar-refractivity contribution in [2.24, 2.45) is 0 Å². The van der Waals surface area contributed by atoms with E-state index in [0.29, 0.717) is 35.5 Å². The Morgan fingerprint density at radius 1 is 1.16 bits per heavy atom. The van der Waals surface area contributed by atoms with Crippen molar-refractivity contribution >= 4 is 23.2 Å². The minimum absolute atomic E-state index is 0.0431. The van der Waals surface area contributed by atoms with Crippen molar-refractivity contribution < 1.29 is 14.0 Å². The van der Waals surface area contributed by atoms with Crippen molar-refractivity contribution in [1.29, 1.82) is 0 Å². The molecule has 7 heteroatoms. The van der Waals surface area contributed by atoms with Crippen LogP contribution in [0.2, 0.25) is 0 Å². The fraction of sp³-hybridized carbons (Fsp3) is 0.222. The first-order valence-electron chi connectivity index (χ1n) is 7.87. The van der Waals surface area contributed by atoms with Crippen molar-refractivity contribution in [3.05, 3.63) is 59.9 Å². The van der Waals surface area contributed by atoms with Crippen molar-refractivity contribution in [2.45, 2.75) is 26.7 Å². The molecule has 1 aromatic carbocycles. The van der Waals surface area contributed by atoms with Crippen LogP contribution in [0.1, 0.15) is 35.6 Å². The van der Waals surface area contributed by atoms with Crippen molar-refractivity contribution in [1.82, 2.24) is 9.97 Å². The summed E-state index contributed by atoms with van der Waals surface area (Å²) in [5.41, 5.74) is 2.02. The highest BCUT2D eigenvalue weighted by atomic mass is 19.1. The van der Waals surface area contributed by atoms with Gasteiger partial charge in [0.15, 0.2) is 0 Å². The quantitative estimate of drug-likeness (QED) is 0.790. The molecule has 0 spiro atoms. The number of hydrogen-bond acceptors (Lipinski definition) is 4. The van der Waals surface area contributed by atoms with E-state index in [1.54, 1.807) is 0 Å². The molecular formula is C18H19FN4O2. The van der Waals surface area contributed by atoms with Gasteiger partial charge in [-0.15, -0.1) is 0 Å². The smallest absolute Gasteiger partial charge is 0.259 e. The van der Waals surface area contributed by atoms with E-state index in [2.05, 4.69) is 27.2 Å². The summed E-state index contributed by atoms with van der Waals surface area (Å²) in [5, 5.41) is 5.05. The summed E-state index contributed by atoms with van der Waals surface area (Å²) < 4.78 is 13.8. The van der Waals surface area contributed by atoms with Crippen LogP contribution in [0.25, 0.3) is 0 Å². The number of halogens is 1. The first kappa shape index (κ1) is 18.3. The van der Waals surface area contributed by atoms with Crippen LogP contribution in [0.5, 0.6) is 0 Å². The molecule has 0 radical (unpaired) electrons.